The molecule has 0 bridgehead atoms. The summed E-state index contributed by atoms with van der Waals surface area (Å²) in [6.45, 7) is 2.15. The van der Waals surface area contributed by atoms with Crippen molar-refractivity contribution < 1.29 is 9.53 Å². The number of rotatable bonds is 3. The average Bonchev–Trinajstić information content (AvgIpc) is 2.52. The Morgan fingerprint density at radius 1 is 1.75 bits per heavy atom. The summed E-state index contributed by atoms with van der Waals surface area (Å²) in [4.78, 5) is 11.1. The third-order valence-electron chi connectivity index (χ3n) is 1.89. The Kier molecular flexibility index (Phi) is 3.88. The van der Waals surface area contributed by atoms with Gasteiger partial charge in [-0.05, 0) is 6.42 Å². The summed E-state index contributed by atoms with van der Waals surface area (Å²) in [5.41, 5.74) is 0. The maximum atomic E-state index is 11.1. The Morgan fingerprint density at radius 3 is 3.08 bits per heavy atom. The van der Waals surface area contributed by atoms with E-state index < -0.39 is 0 Å². The summed E-state index contributed by atoms with van der Waals surface area (Å²) >= 11 is 1.81. The Bertz CT molecular complexity index is 163. The lowest BCUT2D eigenvalue weighted by molar-refractivity contribution is -0.142. The van der Waals surface area contributed by atoms with Crippen LogP contribution in [0.3, 0.4) is 0 Å². The van der Waals surface area contributed by atoms with Gasteiger partial charge in [0.1, 0.15) is 6.04 Å². The van der Waals surface area contributed by atoms with Gasteiger partial charge in [-0.2, -0.15) is 0 Å². The second-order valence-electron chi connectivity index (χ2n) is 2.85. The number of hydrogen-bond donors (Lipinski definition) is 1. The van der Waals surface area contributed by atoms with Crippen LogP contribution in [0.1, 0.15) is 19.8 Å². The lowest BCUT2D eigenvalue weighted by Gasteiger charge is -2.09. The van der Waals surface area contributed by atoms with E-state index in [-0.39, 0.29) is 12.0 Å². The fraction of sp³-hybridized carbons (Fsp3) is 0.875. The molecule has 0 saturated carbocycles. The van der Waals surface area contributed by atoms with Crippen LogP contribution in [0.15, 0.2) is 0 Å². The van der Waals surface area contributed by atoms with Crippen molar-refractivity contribution >= 4 is 17.7 Å². The minimum atomic E-state index is -0.138. The van der Waals surface area contributed by atoms with E-state index in [1.165, 1.54) is 7.11 Å². The maximum Gasteiger partial charge on any atom is 0.323 e. The van der Waals surface area contributed by atoms with Crippen LogP contribution in [-0.4, -0.2) is 30.2 Å². The molecule has 1 saturated heterocycles. The van der Waals surface area contributed by atoms with Crippen LogP contribution in [-0.2, 0) is 9.53 Å². The van der Waals surface area contributed by atoms with E-state index in [4.69, 9.17) is 0 Å². The topological polar surface area (TPSA) is 38.3 Å². The number of ether oxygens (including phenoxy) is 1. The smallest absolute Gasteiger partial charge is 0.323 e. The SMILES string of the molecule is CCC[C@@H]1N[C@H](C(=O)OC)CS1. The number of carbonyl (C=O) groups excluding carboxylic acids is 1. The minimum Gasteiger partial charge on any atom is -0.468 e. The van der Waals surface area contributed by atoms with Gasteiger partial charge in [0.25, 0.3) is 0 Å². The zero-order valence-corrected chi connectivity index (χ0v) is 8.32. The van der Waals surface area contributed by atoms with Crippen LogP contribution in [0.5, 0.6) is 0 Å². The first kappa shape index (κ1) is 9.86. The Hall–Kier alpha value is -0.220. The molecular formula is C8H15NO2S. The molecule has 12 heavy (non-hydrogen) atoms. The first-order chi connectivity index (χ1) is 5.77. The second kappa shape index (κ2) is 4.72. The first-order valence-electron chi connectivity index (χ1n) is 4.23. The van der Waals surface area contributed by atoms with Crippen LogP contribution in [0, 0.1) is 0 Å². The van der Waals surface area contributed by atoms with Crippen molar-refractivity contribution in [2.24, 2.45) is 0 Å². The van der Waals surface area contributed by atoms with E-state index in [2.05, 4.69) is 17.0 Å². The molecule has 1 heterocycles. The molecule has 1 aliphatic rings. The fourth-order valence-electron chi connectivity index (χ4n) is 1.24. The van der Waals surface area contributed by atoms with Gasteiger partial charge in [0.15, 0.2) is 0 Å². The average molecular weight is 189 g/mol. The molecule has 0 aromatic carbocycles. The molecule has 0 aromatic heterocycles. The molecule has 0 aliphatic carbocycles. The molecule has 0 spiro atoms. The molecule has 1 rings (SSSR count). The zero-order chi connectivity index (χ0) is 8.97. The fourth-order valence-corrected chi connectivity index (χ4v) is 2.56. The molecule has 0 aromatic rings. The Labute approximate surface area is 77.2 Å². The van der Waals surface area contributed by atoms with E-state index in [9.17, 15) is 4.79 Å². The molecule has 3 nitrogen and oxygen atoms in total. The quantitative estimate of drug-likeness (QED) is 0.672. The summed E-state index contributed by atoms with van der Waals surface area (Å²) in [5, 5.41) is 3.67. The highest BCUT2D eigenvalue weighted by molar-refractivity contribution is 8.00. The van der Waals surface area contributed by atoms with E-state index in [0.29, 0.717) is 5.37 Å². The third kappa shape index (κ3) is 2.38. The molecule has 1 fully saturated rings. The number of esters is 1. The van der Waals surface area contributed by atoms with Gasteiger partial charge in [0, 0.05) is 5.75 Å². The van der Waals surface area contributed by atoms with Crippen LogP contribution in [0.25, 0.3) is 0 Å². The molecule has 1 N–H and O–H groups in total. The number of methoxy groups -OCH3 is 1. The lowest BCUT2D eigenvalue weighted by atomic mass is 10.3. The van der Waals surface area contributed by atoms with Crippen molar-refractivity contribution in [1.29, 1.82) is 0 Å². The van der Waals surface area contributed by atoms with E-state index in [1.54, 1.807) is 11.8 Å². The monoisotopic (exact) mass is 189 g/mol. The minimum absolute atomic E-state index is 0.0865. The predicted octanol–water partition coefficient (Wildman–Crippen LogP) is 0.991. The number of thioether (sulfide) groups is 1. The summed E-state index contributed by atoms with van der Waals surface area (Å²) in [5.74, 6) is 0.707. The van der Waals surface area contributed by atoms with Crippen LogP contribution in [0.2, 0.25) is 0 Å². The van der Waals surface area contributed by atoms with E-state index in [0.717, 1.165) is 18.6 Å². The van der Waals surface area contributed by atoms with Gasteiger partial charge in [0.05, 0.1) is 12.5 Å². The largest absolute Gasteiger partial charge is 0.468 e. The van der Waals surface area contributed by atoms with Gasteiger partial charge in [0.2, 0.25) is 0 Å². The van der Waals surface area contributed by atoms with Crippen molar-refractivity contribution in [3.8, 4) is 0 Å². The van der Waals surface area contributed by atoms with Crippen LogP contribution in [0.4, 0.5) is 0 Å². The van der Waals surface area contributed by atoms with Gasteiger partial charge < -0.3 is 4.74 Å². The van der Waals surface area contributed by atoms with Gasteiger partial charge in [-0.15, -0.1) is 11.8 Å². The summed E-state index contributed by atoms with van der Waals surface area (Å²) in [6, 6.07) is -0.0865. The predicted molar refractivity (Wildman–Crippen MR) is 50.1 cm³/mol. The molecule has 1 aliphatic heterocycles. The summed E-state index contributed by atoms with van der Waals surface area (Å²) in [6.07, 6.45) is 2.27. The molecule has 0 unspecified atom stereocenters. The van der Waals surface area contributed by atoms with Crippen LogP contribution < -0.4 is 5.32 Å². The standard InChI is InChI=1S/C8H15NO2S/c1-3-4-7-9-6(5-12-7)8(10)11-2/h6-7,9H,3-5H2,1-2H3/t6-,7+/m0/s1. The van der Waals surface area contributed by atoms with E-state index in [1.807, 2.05) is 0 Å². The van der Waals surface area contributed by atoms with Crippen molar-refractivity contribution in [3.63, 3.8) is 0 Å². The highest BCUT2D eigenvalue weighted by atomic mass is 32.2. The van der Waals surface area contributed by atoms with Crippen molar-refractivity contribution in [1.82, 2.24) is 5.32 Å². The molecular weight excluding hydrogens is 174 g/mol. The Morgan fingerprint density at radius 2 is 2.50 bits per heavy atom. The first-order valence-corrected chi connectivity index (χ1v) is 5.28. The zero-order valence-electron chi connectivity index (χ0n) is 7.50. The molecule has 0 amide bonds. The van der Waals surface area contributed by atoms with E-state index >= 15 is 0 Å². The molecule has 70 valence electrons. The van der Waals surface area contributed by atoms with Crippen LogP contribution >= 0.6 is 11.8 Å². The van der Waals surface area contributed by atoms with Crippen molar-refractivity contribution in [2.75, 3.05) is 12.9 Å². The highest BCUT2D eigenvalue weighted by Crippen LogP contribution is 2.22. The van der Waals surface area contributed by atoms with Gasteiger partial charge >= 0.3 is 5.97 Å². The summed E-state index contributed by atoms with van der Waals surface area (Å²) in [7, 11) is 1.43. The molecule has 4 heteroatoms. The normalized spacial score (nSPS) is 28.8. The second-order valence-corrected chi connectivity index (χ2v) is 4.09. The Balaban J connectivity index is 2.30. The maximum absolute atomic E-state index is 11.1. The van der Waals surface area contributed by atoms with Crippen molar-refractivity contribution in [2.45, 2.75) is 31.2 Å². The van der Waals surface area contributed by atoms with Gasteiger partial charge in [-0.1, -0.05) is 13.3 Å². The number of hydrogen-bond acceptors (Lipinski definition) is 4. The summed E-state index contributed by atoms with van der Waals surface area (Å²) < 4.78 is 4.65. The third-order valence-corrected chi connectivity index (χ3v) is 3.19. The van der Waals surface area contributed by atoms with Crippen molar-refractivity contribution in [3.05, 3.63) is 0 Å². The van der Waals surface area contributed by atoms with Gasteiger partial charge in [-0.3, -0.25) is 10.1 Å². The number of carbonyl (C=O) groups is 1. The highest BCUT2D eigenvalue weighted by Gasteiger charge is 2.29. The molecule has 0 radical (unpaired) electrons. The lowest BCUT2D eigenvalue weighted by Crippen LogP contribution is -2.37. The molecule has 2 atom stereocenters. The number of nitrogens with one attached hydrogen (secondary N) is 1. The van der Waals surface area contributed by atoms with Gasteiger partial charge in [-0.25, -0.2) is 0 Å².